The number of ether oxygens (including phenoxy) is 2. The van der Waals surface area contributed by atoms with Gasteiger partial charge in [-0.25, -0.2) is 0 Å². The molecule has 0 bridgehead atoms. The molecule has 102 valence electrons. The minimum atomic E-state index is 0.125. The zero-order valence-electron chi connectivity index (χ0n) is 12.2. The number of nitrogens with one attached hydrogen (secondary N) is 1. The molecule has 0 radical (unpaired) electrons. The summed E-state index contributed by atoms with van der Waals surface area (Å²) in [5, 5.41) is 3.48. The molecule has 1 N–H and O–H groups in total. The number of rotatable bonds is 6. The fourth-order valence-corrected chi connectivity index (χ4v) is 1.63. The summed E-state index contributed by atoms with van der Waals surface area (Å²) in [6, 6.07) is 6.24. The topological polar surface area (TPSA) is 30.5 Å². The summed E-state index contributed by atoms with van der Waals surface area (Å²) in [5.74, 6) is 0.892. The van der Waals surface area contributed by atoms with E-state index >= 15 is 0 Å². The predicted octanol–water partition coefficient (Wildman–Crippen LogP) is 3.12. The van der Waals surface area contributed by atoms with Crippen LogP contribution in [0.2, 0.25) is 0 Å². The van der Waals surface area contributed by atoms with E-state index in [1.54, 1.807) is 7.11 Å². The van der Waals surface area contributed by atoms with Gasteiger partial charge >= 0.3 is 0 Å². The Morgan fingerprint density at radius 3 is 2.50 bits per heavy atom. The number of benzene rings is 1. The van der Waals surface area contributed by atoms with E-state index in [1.165, 1.54) is 5.56 Å². The second-order valence-electron chi connectivity index (χ2n) is 5.39. The Kier molecular flexibility index (Phi) is 5.63. The third-order valence-corrected chi connectivity index (χ3v) is 2.63. The Morgan fingerprint density at radius 1 is 1.22 bits per heavy atom. The molecule has 0 fully saturated rings. The van der Waals surface area contributed by atoms with Gasteiger partial charge in [-0.15, -0.1) is 0 Å². The van der Waals surface area contributed by atoms with Gasteiger partial charge in [-0.1, -0.05) is 6.07 Å². The SMILES string of the molecule is CCOCc1cc(CNC(C)(C)C)ccc1OC. The number of methoxy groups -OCH3 is 1. The van der Waals surface area contributed by atoms with E-state index < -0.39 is 0 Å². The van der Waals surface area contributed by atoms with Crippen LogP contribution in [0.1, 0.15) is 38.8 Å². The van der Waals surface area contributed by atoms with Gasteiger partial charge in [0.2, 0.25) is 0 Å². The molecule has 0 aliphatic rings. The van der Waals surface area contributed by atoms with E-state index in [0.717, 1.165) is 17.9 Å². The normalized spacial score (nSPS) is 11.6. The first kappa shape index (κ1) is 15.0. The first-order valence-corrected chi connectivity index (χ1v) is 6.45. The Morgan fingerprint density at radius 2 is 1.94 bits per heavy atom. The van der Waals surface area contributed by atoms with Crippen molar-refractivity contribution >= 4 is 0 Å². The first-order valence-electron chi connectivity index (χ1n) is 6.45. The molecule has 0 aromatic heterocycles. The van der Waals surface area contributed by atoms with Crippen LogP contribution in [-0.4, -0.2) is 19.3 Å². The zero-order chi connectivity index (χ0) is 13.6. The molecule has 0 spiro atoms. The van der Waals surface area contributed by atoms with E-state index in [-0.39, 0.29) is 5.54 Å². The highest BCUT2D eigenvalue weighted by atomic mass is 16.5. The Hall–Kier alpha value is -1.06. The van der Waals surface area contributed by atoms with Gasteiger partial charge in [-0.3, -0.25) is 0 Å². The van der Waals surface area contributed by atoms with Crippen molar-refractivity contribution in [3.8, 4) is 5.75 Å². The Balaban J connectivity index is 2.75. The molecule has 3 nitrogen and oxygen atoms in total. The van der Waals surface area contributed by atoms with Crippen LogP contribution < -0.4 is 10.1 Å². The standard InChI is InChI=1S/C15H25NO2/c1-6-18-11-13-9-12(7-8-14(13)17-5)10-16-15(2,3)4/h7-9,16H,6,10-11H2,1-5H3. The lowest BCUT2D eigenvalue weighted by atomic mass is 10.1. The molecule has 0 amide bonds. The summed E-state index contributed by atoms with van der Waals surface area (Å²) in [6.07, 6.45) is 0. The molecule has 18 heavy (non-hydrogen) atoms. The van der Waals surface area contributed by atoms with E-state index in [1.807, 2.05) is 13.0 Å². The van der Waals surface area contributed by atoms with Gasteiger partial charge in [0.1, 0.15) is 5.75 Å². The molecule has 1 rings (SSSR count). The smallest absolute Gasteiger partial charge is 0.124 e. The second-order valence-corrected chi connectivity index (χ2v) is 5.39. The minimum absolute atomic E-state index is 0.125. The monoisotopic (exact) mass is 251 g/mol. The van der Waals surface area contributed by atoms with E-state index in [2.05, 4.69) is 38.2 Å². The van der Waals surface area contributed by atoms with Gasteiger partial charge in [-0.2, -0.15) is 0 Å². The quantitative estimate of drug-likeness (QED) is 0.842. The molecular formula is C15H25NO2. The molecule has 0 heterocycles. The van der Waals surface area contributed by atoms with Crippen molar-refractivity contribution in [3.05, 3.63) is 29.3 Å². The summed E-state index contributed by atoms with van der Waals surface area (Å²) < 4.78 is 10.8. The van der Waals surface area contributed by atoms with Crippen LogP contribution in [0.3, 0.4) is 0 Å². The maximum Gasteiger partial charge on any atom is 0.124 e. The van der Waals surface area contributed by atoms with Crippen LogP contribution in [0.5, 0.6) is 5.75 Å². The molecule has 3 heteroatoms. The maximum atomic E-state index is 5.46. The fourth-order valence-electron chi connectivity index (χ4n) is 1.63. The van der Waals surface area contributed by atoms with Gasteiger partial charge in [-0.05, 0) is 45.4 Å². The molecule has 0 atom stereocenters. The maximum absolute atomic E-state index is 5.46. The summed E-state index contributed by atoms with van der Waals surface area (Å²) in [5.41, 5.74) is 2.48. The van der Waals surface area contributed by atoms with Crippen molar-refractivity contribution < 1.29 is 9.47 Å². The van der Waals surface area contributed by atoms with E-state index in [0.29, 0.717) is 13.2 Å². The molecule has 0 aliphatic carbocycles. The van der Waals surface area contributed by atoms with Crippen molar-refractivity contribution in [2.75, 3.05) is 13.7 Å². The average molecular weight is 251 g/mol. The van der Waals surface area contributed by atoms with Crippen molar-refractivity contribution in [1.82, 2.24) is 5.32 Å². The van der Waals surface area contributed by atoms with Crippen LogP contribution in [0, 0.1) is 0 Å². The highest BCUT2D eigenvalue weighted by Crippen LogP contribution is 2.21. The summed E-state index contributed by atoms with van der Waals surface area (Å²) in [4.78, 5) is 0. The van der Waals surface area contributed by atoms with Crippen molar-refractivity contribution in [2.24, 2.45) is 0 Å². The predicted molar refractivity (Wildman–Crippen MR) is 74.9 cm³/mol. The zero-order valence-corrected chi connectivity index (χ0v) is 12.2. The Labute approximate surface area is 110 Å². The van der Waals surface area contributed by atoms with Crippen molar-refractivity contribution in [2.45, 2.75) is 46.4 Å². The van der Waals surface area contributed by atoms with Crippen molar-refractivity contribution in [1.29, 1.82) is 0 Å². The lowest BCUT2D eigenvalue weighted by Crippen LogP contribution is -2.35. The molecule has 1 aromatic carbocycles. The summed E-state index contributed by atoms with van der Waals surface area (Å²) >= 11 is 0. The van der Waals surface area contributed by atoms with Gasteiger partial charge in [0.15, 0.2) is 0 Å². The summed E-state index contributed by atoms with van der Waals surface area (Å²) in [6.45, 7) is 10.7. The highest BCUT2D eigenvalue weighted by molar-refractivity contribution is 5.37. The third-order valence-electron chi connectivity index (χ3n) is 2.63. The van der Waals surface area contributed by atoms with E-state index in [9.17, 15) is 0 Å². The van der Waals surface area contributed by atoms with Gasteiger partial charge in [0, 0.05) is 24.3 Å². The van der Waals surface area contributed by atoms with Crippen LogP contribution in [0.4, 0.5) is 0 Å². The molecule has 1 aromatic rings. The minimum Gasteiger partial charge on any atom is -0.496 e. The second kappa shape index (κ2) is 6.76. The molecular weight excluding hydrogens is 226 g/mol. The fraction of sp³-hybridized carbons (Fsp3) is 0.600. The van der Waals surface area contributed by atoms with Crippen molar-refractivity contribution in [3.63, 3.8) is 0 Å². The molecule has 0 aliphatic heterocycles. The van der Waals surface area contributed by atoms with E-state index in [4.69, 9.17) is 9.47 Å². The van der Waals surface area contributed by atoms with Gasteiger partial charge in [0.05, 0.1) is 13.7 Å². The lowest BCUT2D eigenvalue weighted by Gasteiger charge is -2.21. The third kappa shape index (κ3) is 5.07. The van der Waals surface area contributed by atoms with Gasteiger partial charge in [0.25, 0.3) is 0 Å². The Bertz CT molecular complexity index is 369. The van der Waals surface area contributed by atoms with Gasteiger partial charge < -0.3 is 14.8 Å². The number of hydrogen-bond acceptors (Lipinski definition) is 3. The highest BCUT2D eigenvalue weighted by Gasteiger charge is 2.10. The van der Waals surface area contributed by atoms with Crippen LogP contribution in [0.15, 0.2) is 18.2 Å². The first-order chi connectivity index (χ1) is 8.46. The van der Waals surface area contributed by atoms with Crippen LogP contribution >= 0.6 is 0 Å². The van der Waals surface area contributed by atoms with Crippen LogP contribution in [0.25, 0.3) is 0 Å². The lowest BCUT2D eigenvalue weighted by molar-refractivity contribution is 0.132. The number of hydrogen-bond donors (Lipinski definition) is 1. The molecule has 0 saturated carbocycles. The molecule has 0 unspecified atom stereocenters. The van der Waals surface area contributed by atoms with Crippen LogP contribution in [-0.2, 0) is 17.9 Å². The molecule has 0 saturated heterocycles. The summed E-state index contributed by atoms with van der Waals surface area (Å²) in [7, 11) is 1.69. The average Bonchev–Trinajstić information content (AvgIpc) is 2.33. The largest absolute Gasteiger partial charge is 0.496 e.